The van der Waals surface area contributed by atoms with Crippen molar-refractivity contribution in [2.24, 2.45) is 0 Å². The van der Waals surface area contributed by atoms with E-state index < -0.39 is 0 Å². The van der Waals surface area contributed by atoms with E-state index in [4.69, 9.17) is 5.26 Å². The van der Waals surface area contributed by atoms with Gasteiger partial charge in [-0.25, -0.2) is 0 Å². The van der Waals surface area contributed by atoms with Gasteiger partial charge < -0.3 is 5.32 Å². The number of benzene rings is 1. The first kappa shape index (κ1) is 13.1. The molecule has 2 nitrogen and oxygen atoms in total. The number of thioether (sulfide) groups is 1. The Labute approximate surface area is 102 Å². The summed E-state index contributed by atoms with van der Waals surface area (Å²) in [4.78, 5) is 0. The van der Waals surface area contributed by atoms with Crippen LogP contribution < -0.4 is 5.32 Å². The quantitative estimate of drug-likeness (QED) is 0.737. The molecule has 0 fully saturated rings. The van der Waals surface area contributed by atoms with Crippen molar-refractivity contribution in [1.29, 1.82) is 5.26 Å². The molecule has 0 aliphatic carbocycles. The summed E-state index contributed by atoms with van der Waals surface area (Å²) >= 11 is 1.90. The van der Waals surface area contributed by atoms with Gasteiger partial charge >= 0.3 is 0 Å². The molecule has 0 saturated heterocycles. The summed E-state index contributed by atoms with van der Waals surface area (Å²) in [5, 5.41) is 12.1. The summed E-state index contributed by atoms with van der Waals surface area (Å²) in [6.07, 6.45) is 4.66. The third kappa shape index (κ3) is 5.20. The Morgan fingerprint density at radius 2 is 2.00 bits per heavy atom. The average molecular weight is 234 g/mol. The van der Waals surface area contributed by atoms with E-state index in [0.29, 0.717) is 0 Å². The van der Waals surface area contributed by atoms with Gasteiger partial charge in [0, 0.05) is 6.54 Å². The van der Waals surface area contributed by atoms with Crippen LogP contribution >= 0.6 is 11.8 Å². The van der Waals surface area contributed by atoms with E-state index in [0.717, 1.165) is 18.7 Å². The zero-order valence-electron chi connectivity index (χ0n) is 9.70. The maximum absolute atomic E-state index is 8.66. The molecule has 3 heteroatoms. The Kier molecular flexibility index (Phi) is 6.71. The molecule has 0 radical (unpaired) electrons. The van der Waals surface area contributed by atoms with Crippen molar-refractivity contribution in [3.8, 4) is 6.07 Å². The molecule has 86 valence electrons. The first-order valence-corrected chi connectivity index (χ1v) is 6.95. The minimum atomic E-state index is 0.726. The lowest BCUT2D eigenvalue weighted by Crippen LogP contribution is -2.14. The van der Waals surface area contributed by atoms with E-state index in [1.807, 2.05) is 36.0 Å². The molecule has 0 amide bonds. The van der Waals surface area contributed by atoms with Gasteiger partial charge in [0.1, 0.15) is 0 Å². The van der Waals surface area contributed by atoms with Gasteiger partial charge in [0.05, 0.1) is 11.6 Å². The van der Waals surface area contributed by atoms with Crippen LogP contribution in [0.4, 0.5) is 0 Å². The molecule has 0 aliphatic heterocycles. The van der Waals surface area contributed by atoms with Crippen molar-refractivity contribution < 1.29 is 0 Å². The van der Waals surface area contributed by atoms with E-state index in [-0.39, 0.29) is 0 Å². The molecule has 0 aromatic heterocycles. The van der Waals surface area contributed by atoms with Crippen LogP contribution in [0.2, 0.25) is 0 Å². The predicted octanol–water partition coefficient (Wildman–Crippen LogP) is 2.79. The van der Waals surface area contributed by atoms with E-state index >= 15 is 0 Å². The molecule has 1 aromatic carbocycles. The molecule has 0 saturated carbocycles. The summed E-state index contributed by atoms with van der Waals surface area (Å²) in [6, 6.07) is 9.87. The number of nitrogens with one attached hydrogen (secondary N) is 1. The highest BCUT2D eigenvalue weighted by Crippen LogP contribution is 2.03. The van der Waals surface area contributed by atoms with Gasteiger partial charge in [-0.3, -0.25) is 0 Å². The van der Waals surface area contributed by atoms with E-state index in [1.165, 1.54) is 24.2 Å². The molecule has 0 bridgehead atoms. The van der Waals surface area contributed by atoms with Crippen LogP contribution in [0.1, 0.15) is 24.0 Å². The van der Waals surface area contributed by atoms with Gasteiger partial charge in [0.15, 0.2) is 0 Å². The number of hydrogen-bond donors (Lipinski definition) is 1. The standard InChI is InChI=1S/C13H18N2S/c1-16-9-3-2-8-15-11-13-6-4-12(10-14)5-7-13/h4-7,15H,2-3,8-9,11H2,1H3. The molecule has 1 aromatic rings. The summed E-state index contributed by atoms with van der Waals surface area (Å²) in [5.74, 6) is 1.25. The summed E-state index contributed by atoms with van der Waals surface area (Å²) in [5.41, 5.74) is 1.97. The van der Waals surface area contributed by atoms with Gasteiger partial charge in [-0.15, -0.1) is 0 Å². The first-order valence-electron chi connectivity index (χ1n) is 5.55. The maximum atomic E-state index is 8.66. The minimum Gasteiger partial charge on any atom is -0.313 e. The fourth-order valence-corrected chi connectivity index (χ4v) is 1.92. The maximum Gasteiger partial charge on any atom is 0.0991 e. The monoisotopic (exact) mass is 234 g/mol. The minimum absolute atomic E-state index is 0.726. The van der Waals surface area contributed by atoms with E-state index in [1.54, 1.807) is 0 Å². The van der Waals surface area contributed by atoms with Crippen molar-refractivity contribution >= 4 is 11.8 Å². The molecular formula is C13H18N2S. The SMILES string of the molecule is CSCCCCNCc1ccc(C#N)cc1. The Morgan fingerprint density at radius 1 is 1.25 bits per heavy atom. The van der Waals surface area contributed by atoms with Crippen molar-refractivity contribution in [3.63, 3.8) is 0 Å². The zero-order valence-corrected chi connectivity index (χ0v) is 10.5. The molecule has 0 heterocycles. The number of rotatable bonds is 7. The third-order valence-corrected chi connectivity index (χ3v) is 3.06. The highest BCUT2D eigenvalue weighted by Gasteiger charge is 1.93. The van der Waals surface area contributed by atoms with Crippen LogP contribution in [0.15, 0.2) is 24.3 Å². The predicted molar refractivity (Wildman–Crippen MR) is 70.5 cm³/mol. The first-order chi connectivity index (χ1) is 7.86. The number of nitrogens with zero attached hydrogens (tertiary/aromatic N) is 1. The second-order valence-corrected chi connectivity index (χ2v) is 4.67. The van der Waals surface area contributed by atoms with Crippen molar-refractivity contribution in [2.75, 3.05) is 18.6 Å². The van der Waals surface area contributed by atoms with E-state index in [2.05, 4.69) is 17.6 Å². The number of unbranched alkanes of at least 4 members (excludes halogenated alkanes) is 1. The zero-order chi connectivity index (χ0) is 11.6. The van der Waals surface area contributed by atoms with Gasteiger partial charge in [-0.05, 0) is 49.1 Å². The van der Waals surface area contributed by atoms with Crippen LogP contribution in [0.25, 0.3) is 0 Å². The second-order valence-electron chi connectivity index (χ2n) is 3.69. The third-order valence-electron chi connectivity index (χ3n) is 2.36. The fourth-order valence-electron chi connectivity index (χ4n) is 1.43. The van der Waals surface area contributed by atoms with Crippen LogP contribution in [0.5, 0.6) is 0 Å². The van der Waals surface area contributed by atoms with Crippen molar-refractivity contribution in [1.82, 2.24) is 5.32 Å². The molecule has 0 unspecified atom stereocenters. The lowest BCUT2D eigenvalue weighted by atomic mass is 10.1. The highest BCUT2D eigenvalue weighted by atomic mass is 32.2. The largest absolute Gasteiger partial charge is 0.313 e. The van der Waals surface area contributed by atoms with Crippen LogP contribution in [-0.4, -0.2) is 18.6 Å². The molecule has 1 N–H and O–H groups in total. The normalized spacial score (nSPS) is 10.0. The smallest absolute Gasteiger partial charge is 0.0991 e. The molecule has 1 rings (SSSR count). The number of hydrogen-bond acceptors (Lipinski definition) is 3. The summed E-state index contributed by atoms with van der Waals surface area (Å²) < 4.78 is 0. The molecule has 16 heavy (non-hydrogen) atoms. The average Bonchev–Trinajstić information content (AvgIpc) is 2.34. The van der Waals surface area contributed by atoms with Crippen LogP contribution in [0, 0.1) is 11.3 Å². The van der Waals surface area contributed by atoms with Gasteiger partial charge in [0.2, 0.25) is 0 Å². The fraction of sp³-hybridized carbons (Fsp3) is 0.462. The van der Waals surface area contributed by atoms with Crippen molar-refractivity contribution in [2.45, 2.75) is 19.4 Å². The van der Waals surface area contributed by atoms with Gasteiger partial charge in [-0.2, -0.15) is 17.0 Å². The topological polar surface area (TPSA) is 35.8 Å². The van der Waals surface area contributed by atoms with Gasteiger partial charge in [-0.1, -0.05) is 12.1 Å². The summed E-state index contributed by atoms with van der Waals surface area (Å²) in [6.45, 7) is 1.96. The Hall–Kier alpha value is -0.980. The van der Waals surface area contributed by atoms with Crippen molar-refractivity contribution in [3.05, 3.63) is 35.4 Å². The molecular weight excluding hydrogens is 216 g/mol. The lowest BCUT2D eigenvalue weighted by Gasteiger charge is -2.04. The Balaban J connectivity index is 2.15. The van der Waals surface area contributed by atoms with Crippen LogP contribution in [-0.2, 0) is 6.54 Å². The van der Waals surface area contributed by atoms with Crippen LogP contribution in [0.3, 0.4) is 0 Å². The Morgan fingerprint density at radius 3 is 2.62 bits per heavy atom. The molecule has 0 aliphatic rings. The Bertz CT molecular complexity index is 327. The summed E-state index contributed by atoms with van der Waals surface area (Å²) in [7, 11) is 0. The number of nitriles is 1. The second kappa shape index (κ2) is 8.20. The lowest BCUT2D eigenvalue weighted by molar-refractivity contribution is 0.644. The molecule has 0 spiro atoms. The highest BCUT2D eigenvalue weighted by molar-refractivity contribution is 7.98. The van der Waals surface area contributed by atoms with Gasteiger partial charge in [0.25, 0.3) is 0 Å². The van der Waals surface area contributed by atoms with E-state index in [9.17, 15) is 0 Å². The molecule has 0 atom stereocenters.